The van der Waals surface area contributed by atoms with Crippen molar-refractivity contribution in [2.75, 3.05) is 17.3 Å². The molecule has 0 radical (unpaired) electrons. The maximum Gasteiger partial charge on any atom is 0.181 e. The van der Waals surface area contributed by atoms with E-state index in [0.29, 0.717) is 0 Å². The lowest BCUT2D eigenvalue weighted by Crippen LogP contribution is -2.25. The zero-order valence-corrected chi connectivity index (χ0v) is 9.81. The van der Waals surface area contributed by atoms with Crippen molar-refractivity contribution in [3.8, 4) is 0 Å². The Hall–Kier alpha value is -1.17. The van der Waals surface area contributed by atoms with Crippen molar-refractivity contribution < 1.29 is 17.2 Å². The van der Waals surface area contributed by atoms with Crippen LogP contribution in [-0.2, 0) is 9.84 Å². The summed E-state index contributed by atoms with van der Waals surface area (Å²) in [5.74, 6) is -2.09. The average Bonchev–Trinajstić information content (AvgIpc) is 2.09. The Kier molecular flexibility index (Phi) is 3.85. The van der Waals surface area contributed by atoms with Crippen molar-refractivity contribution in [2.24, 2.45) is 0 Å². The first-order valence-electron chi connectivity index (χ1n) is 4.68. The highest BCUT2D eigenvalue weighted by Crippen LogP contribution is 2.17. The molecule has 0 aliphatic heterocycles. The van der Waals surface area contributed by atoms with E-state index in [0.717, 1.165) is 12.3 Å². The fraction of sp³-hybridized carbons (Fsp3) is 0.400. The Morgan fingerprint density at radius 3 is 2.56 bits per heavy atom. The van der Waals surface area contributed by atoms with Gasteiger partial charge in [-0.2, -0.15) is 0 Å². The van der Waals surface area contributed by atoms with Crippen molar-refractivity contribution in [3.63, 3.8) is 0 Å². The number of benzene rings is 1. The van der Waals surface area contributed by atoms with Crippen molar-refractivity contribution in [1.29, 1.82) is 0 Å². The quantitative estimate of drug-likeness (QED) is 0.885. The average molecular weight is 249 g/mol. The Bertz CT molecular complexity index is 474. The zero-order chi connectivity index (χ0) is 12.3. The van der Waals surface area contributed by atoms with E-state index in [1.54, 1.807) is 6.92 Å². The SMILES string of the molecule is CC(CS(C)(=O)=O)Nc1cccc(F)c1F. The van der Waals surface area contributed by atoms with Crippen molar-refractivity contribution in [1.82, 2.24) is 0 Å². The van der Waals surface area contributed by atoms with Gasteiger partial charge < -0.3 is 5.32 Å². The van der Waals surface area contributed by atoms with Crippen LogP contribution in [0.4, 0.5) is 14.5 Å². The van der Waals surface area contributed by atoms with Gasteiger partial charge in [-0.15, -0.1) is 0 Å². The van der Waals surface area contributed by atoms with Crippen LogP contribution in [-0.4, -0.2) is 26.5 Å². The lowest BCUT2D eigenvalue weighted by Gasteiger charge is -2.14. The summed E-state index contributed by atoms with van der Waals surface area (Å²) in [7, 11) is -3.15. The normalized spacial score (nSPS) is 13.5. The molecule has 16 heavy (non-hydrogen) atoms. The molecule has 0 saturated heterocycles. The fourth-order valence-electron chi connectivity index (χ4n) is 1.38. The van der Waals surface area contributed by atoms with Crippen LogP contribution in [0, 0.1) is 11.6 Å². The summed E-state index contributed by atoms with van der Waals surface area (Å²) in [5, 5.41) is 2.61. The smallest absolute Gasteiger partial charge is 0.181 e. The largest absolute Gasteiger partial charge is 0.379 e. The van der Waals surface area contributed by atoms with Gasteiger partial charge in [-0.25, -0.2) is 17.2 Å². The molecule has 0 heterocycles. The lowest BCUT2D eigenvalue weighted by molar-refractivity contribution is 0.510. The first-order chi connectivity index (χ1) is 7.29. The summed E-state index contributed by atoms with van der Waals surface area (Å²) >= 11 is 0. The number of sulfone groups is 1. The molecular formula is C10H13F2NO2S. The summed E-state index contributed by atoms with van der Waals surface area (Å²) in [4.78, 5) is 0. The van der Waals surface area contributed by atoms with Crippen LogP contribution in [0.1, 0.15) is 6.92 Å². The minimum atomic E-state index is -3.15. The number of nitrogens with one attached hydrogen (secondary N) is 1. The molecule has 1 unspecified atom stereocenters. The standard InChI is InChI=1S/C10H13F2NO2S/c1-7(6-16(2,14)15)13-9-5-3-4-8(11)10(9)12/h3-5,7,13H,6H2,1-2H3. The number of rotatable bonds is 4. The fourth-order valence-corrected chi connectivity index (χ4v) is 2.37. The zero-order valence-electron chi connectivity index (χ0n) is 9.00. The molecule has 6 heteroatoms. The molecule has 0 aliphatic rings. The second-order valence-electron chi connectivity index (χ2n) is 3.74. The second-order valence-corrected chi connectivity index (χ2v) is 5.92. The van der Waals surface area contributed by atoms with E-state index in [9.17, 15) is 17.2 Å². The van der Waals surface area contributed by atoms with Crippen molar-refractivity contribution in [3.05, 3.63) is 29.8 Å². The van der Waals surface area contributed by atoms with Gasteiger partial charge in [0.15, 0.2) is 11.6 Å². The molecule has 1 aromatic rings. The van der Waals surface area contributed by atoms with Gasteiger partial charge in [-0.1, -0.05) is 6.07 Å². The molecule has 1 atom stereocenters. The van der Waals surface area contributed by atoms with E-state index >= 15 is 0 Å². The van der Waals surface area contributed by atoms with E-state index in [1.165, 1.54) is 12.1 Å². The highest BCUT2D eigenvalue weighted by atomic mass is 32.2. The van der Waals surface area contributed by atoms with Gasteiger partial charge in [0.1, 0.15) is 9.84 Å². The molecule has 0 fully saturated rings. The lowest BCUT2D eigenvalue weighted by atomic mass is 10.2. The summed E-state index contributed by atoms with van der Waals surface area (Å²) < 4.78 is 48.0. The van der Waals surface area contributed by atoms with Gasteiger partial charge in [0.05, 0.1) is 11.4 Å². The van der Waals surface area contributed by atoms with E-state index < -0.39 is 27.5 Å². The molecule has 1 aromatic carbocycles. The Balaban J connectivity index is 2.77. The summed E-state index contributed by atoms with van der Waals surface area (Å²) in [5.41, 5.74) is -0.0313. The highest BCUT2D eigenvalue weighted by molar-refractivity contribution is 7.90. The van der Waals surface area contributed by atoms with Crippen molar-refractivity contribution >= 4 is 15.5 Å². The molecule has 0 aromatic heterocycles. The molecule has 0 amide bonds. The number of anilines is 1. The minimum Gasteiger partial charge on any atom is -0.379 e. The van der Waals surface area contributed by atoms with Gasteiger partial charge in [0, 0.05) is 12.3 Å². The van der Waals surface area contributed by atoms with Gasteiger partial charge in [-0.3, -0.25) is 0 Å². The second kappa shape index (κ2) is 4.78. The molecule has 0 aliphatic carbocycles. The molecule has 1 N–H and O–H groups in total. The van der Waals surface area contributed by atoms with Crippen LogP contribution >= 0.6 is 0 Å². The van der Waals surface area contributed by atoms with Gasteiger partial charge in [0.25, 0.3) is 0 Å². The number of hydrogen-bond acceptors (Lipinski definition) is 3. The number of halogens is 2. The topological polar surface area (TPSA) is 46.2 Å². The van der Waals surface area contributed by atoms with Crippen LogP contribution in [0.3, 0.4) is 0 Å². The summed E-state index contributed by atoms with van der Waals surface area (Å²) in [6.45, 7) is 1.59. The third-order valence-electron chi connectivity index (χ3n) is 1.91. The van der Waals surface area contributed by atoms with Gasteiger partial charge >= 0.3 is 0 Å². The summed E-state index contributed by atoms with van der Waals surface area (Å²) in [6.07, 6.45) is 1.09. The molecule has 0 bridgehead atoms. The van der Waals surface area contributed by atoms with Crippen LogP contribution in [0.25, 0.3) is 0 Å². The molecule has 1 rings (SSSR count). The molecule has 0 saturated carbocycles. The third-order valence-corrected chi connectivity index (χ3v) is 3.01. The van der Waals surface area contributed by atoms with Crippen LogP contribution < -0.4 is 5.32 Å². The summed E-state index contributed by atoms with van der Waals surface area (Å²) in [6, 6.07) is 3.23. The molecule has 3 nitrogen and oxygen atoms in total. The monoisotopic (exact) mass is 249 g/mol. The molecular weight excluding hydrogens is 236 g/mol. The number of hydrogen-bond donors (Lipinski definition) is 1. The first kappa shape index (κ1) is 12.9. The van der Waals surface area contributed by atoms with E-state index in [1.807, 2.05) is 0 Å². The molecule has 90 valence electrons. The van der Waals surface area contributed by atoms with E-state index in [-0.39, 0.29) is 11.4 Å². The third kappa shape index (κ3) is 3.77. The predicted molar refractivity (Wildman–Crippen MR) is 59.2 cm³/mol. The molecule has 0 spiro atoms. The maximum absolute atomic E-state index is 13.2. The Morgan fingerprint density at radius 2 is 2.00 bits per heavy atom. The van der Waals surface area contributed by atoms with Gasteiger partial charge in [-0.05, 0) is 19.1 Å². The van der Waals surface area contributed by atoms with Crippen LogP contribution in [0.2, 0.25) is 0 Å². The van der Waals surface area contributed by atoms with Crippen LogP contribution in [0.5, 0.6) is 0 Å². The van der Waals surface area contributed by atoms with Crippen molar-refractivity contribution in [2.45, 2.75) is 13.0 Å². The predicted octanol–water partition coefficient (Wildman–Crippen LogP) is 1.81. The Morgan fingerprint density at radius 1 is 1.38 bits per heavy atom. The van der Waals surface area contributed by atoms with Crippen LogP contribution in [0.15, 0.2) is 18.2 Å². The van der Waals surface area contributed by atoms with E-state index in [2.05, 4.69) is 5.32 Å². The minimum absolute atomic E-state index is 0.0313. The van der Waals surface area contributed by atoms with Gasteiger partial charge in [0.2, 0.25) is 0 Å². The maximum atomic E-state index is 13.2. The highest BCUT2D eigenvalue weighted by Gasteiger charge is 2.13. The Labute approximate surface area is 93.4 Å². The first-order valence-corrected chi connectivity index (χ1v) is 6.74. The van der Waals surface area contributed by atoms with E-state index in [4.69, 9.17) is 0 Å².